The number of rotatable bonds is 16. The standard InChI is InChI=1S/C56H52N4O12.2C3H3N2.Ru/c1-61-29-21-41(65-5)53(42(22-29)66-6)49-33-13-15-35(57-33)50(54-43(67-7)23-30(62-2)24-44(54)68-8)37-17-19-39(59-37)52(56-47(71-11)27-32(64-4)28-48(56)72-12)40-20-18-38(60-40)51(36-16-14-34(49)58-36)55-45(69-9)25-31(63-3)26-46(55)70-10;2*1-2-4-5-3-1;/h13-28H,1-12H3;2*1-3H;/q-2;2*-1;+4. The molecule has 0 aliphatic carbocycles. The summed E-state index contributed by atoms with van der Waals surface area (Å²) >= 11 is 0. The van der Waals surface area contributed by atoms with Crippen molar-refractivity contribution in [1.82, 2.24) is 40.3 Å². The van der Waals surface area contributed by atoms with E-state index in [2.05, 4.69) is 20.4 Å². The van der Waals surface area contributed by atoms with Gasteiger partial charge >= 0.3 is 19.5 Å². The average Bonchev–Trinajstić information content (AvgIpc) is 4.55. The number of benzene rings is 4. The van der Waals surface area contributed by atoms with Crippen LogP contribution in [0.25, 0.3) is 90.9 Å². The molecule has 0 fully saturated rings. The Morgan fingerprint density at radius 2 is 0.506 bits per heavy atom. The molecule has 0 radical (unpaired) electrons. The third kappa shape index (κ3) is 12.0. The van der Waals surface area contributed by atoms with Crippen molar-refractivity contribution < 1.29 is 76.3 Å². The van der Waals surface area contributed by atoms with Gasteiger partial charge in [-0.25, -0.2) is 9.97 Å². The van der Waals surface area contributed by atoms with Gasteiger partial charge in [-0.1, -0.05) is 36.4 Å². The van der Waals surface area contributed by atoms with E-state index in [0.717, 1.165) is 0 Å². The van der Waals surface area contributed by atoms with Crippen LogP contribution in [0.5, 0.6) is 69.0 Å². The molecule has 5 aromatic heterocycles. The molecule has 0 saturated carbocycles. The van der Waals surface area contributed by atoms with Gasteiger partial charge in [0.15, 0.2) is 0 Å². The zero-order valence-electron chi connectivity index (χ0n) is 47.5. The van der Waals surface area contributed by atoms with Gasteiger partial charge in [-0.05, 0) is 24.3 Å². The van der Waals surface area contributed by atoms with Crippen molar-refractivity contribution in [2.24, 2.45) is 0 Å². The fraction of sp³-hybridized carbons (Fsp3) is 0.194. The molecular formula is C62H58N8O12Ru. The van der Waals surface area contributed by atoms with Crippen LogP contribution in [0, 0.1) is 0 Å². The SMILES string of the molecule is COc1cc(OC)c(-c2c3nc(c(-c4c(OC)cc(OC)cc4OC)c4ccc([n-]4)c(-c4c(OC)cc(OC)cc4OC)c4nc(c(-c5c(OC)cc(OC)cc5OC)c5ccc2[n-]5)C=C4)C=C3)c(OC)c1.[Ru+4].c1cn[n-]c1.c1cn[n-]c1. The molecule has 426 valence electrons. The Balaban J connectivity index is 0.000000740. The molecule has 0 saturated heterocycles. The monoisotopic (exact) mass is 1210 g/mol. The third-order valence-corrected chi connectivity index (χ3v) is 13.2. The molecule has 2 aliphatic rings. The van der Waals surface area contributed by atoms with Gasteiger partial charge in [0.25, 0.3) is 0 Å². The first-order valence-corrected chi connectivity index (χ1v) is 25.2. The number of aromatic nitrogens is 8. The number of hydrogen-bond donors (Lipinski definition) is 0. The van der Waals surface area contributed by atoms with Crippen LogP contribution >= 0.6 is 0 Å². The number of methoxy groups -OCH3 is 12. The molecule has 4 aromatic carbocycles. The second kappa shape index (κ2) is 27.1. The van der Waals surface area contributed by atoms with Crippen molar-refractivity contribution in [3.05, 3.63) is 132 Å². The Morgan fingerprint density at radius 1 is 0.289 bits per heavy atom. The molecule has 20 nitrogen and oxygen atoms in total. The molecule has 11 rings (SSSR count). The molecule has 0 amide bonds. The van der Waals surface area contributed by atoms with E-state index in [1.807, 2.05) is 48.6 Å². The molecule has 2 aliphatic heterocycles. The summed E-state index contributed by atoms with van der Waals surface area (Å²) in [7, 11) is 19.0. The van der Waals surface area contributed by atoms with Crippen LogP contribution in [0.4, 0.5) is 0 Å². The minimum Gasteiger partial charge on any atom is -0.657 e. The van der Waals surface area contributed by atoms with Gasteiger partial charge in [-0.15, -0.1) is 22.1 Å². The number of ether oxygens (including phenoxy) is 12. The molecule has 9 aromatic rings. The van der Waals surface area contributed by atoms with Gasteiger partial charge in [-0.3, -0.25) is 0 Å². The van der Waals surface area contributed by atoms with Crippen LogP contribution in [-0.4, -0.2) is 105 Å². The van der Waals surface area contributed by atoms with Gasteiger partial charge in [0, 0.05) is 83.2 Å². The minimum atomic E-state index is 0. The zero-order valence-corrected chi connectivity index (χ0v) is 49.3. The Kier molecular flexibility index (Phi) is 19.3. The smallest absolute Gasteiger partial charge is 0.657 e. The Morgan fingerprint density at radius 3 is 0.651 bits per heavy atom. The average molecular weight is 1210 g/mol. The maximum absolute atomic E-state index is 6.11. The minimum absolute atomic E-state index is 0. The second-order valence-electron chi connectivity index (χ2n) is 17.4. The molecule has 8 bridgehead atoms. The van der Waals surface area contributed by atoms with E-state index < -0.39 is 0 Å². The van der Waals surface area contributed by atoms with Crippen LogP contribution in [0.3, 0.4) is 0 Å². The van der Waals surface area contributed by atoms with Crippen molar-refractivity contribution in [3.63, 3.8) is 0 Å². The number of hydrogen-bond acceptors (Lipinski definition) is 16. The summed E-state index contributed by atoms with van der Waals surface area (Å²) in [6.07, 6.45) is 14.2. The van der Waals surface area contributed by atoms with E-state index in [1.54, 1.807) is 171 Å². The maximum atomic E-state index is 6.11. The van der Waals surface area contributed by atoms with Crippen LogP contribution in [0.2, 0.25) is 0 Å². The first kappa shape index (κ1) is 59.3. The molecule has 83 heavy (non-hydrogen) atoms. The normalized spacial score (nSPS) is 10.9. The van der Waals surface area contributed by atoms with Gasteiger partial charge in [-0.2, -0.15) is 12.4 Å². The van der Waals surface area contributed by atoms with Crippen molar-refractivity contribution in [3.8, 4) is 114 Å². The van der Waals surface area contributed by atoms with Crippen molar-refractivity contribution in [2.45, 2.75) is 0 Å². The predicted octanol–water partition coefficient (Wildman–Crippen LogP) is 10.8. The Bertz CT molecular complexity index is 3340. The molecule has 21 heteroatoms. The Hall–Kier alpha value is -9.88. The summed E-state index contributed by atoms with van der Waals surface area (Å²) in [6, 6.07) is 25.6. The largest absolute Gasteiger partial charge is 4.00 e. The number of nitrogens with zero attached hydrogens (tertiary/aromatic N) is 8. The summed E-state index contributed by atoms with van der Waals surface area (Å²) in [5.41, 5.74) is 8.79. The van der Waals surface area contributed by atoms with Crippen LogP contribution in [-0.2, 0) is 19.5 Å². The fourth-order valence-electron chi connectivity index (χ4n) is 9.51. The van der Waals surface area contributed by atoms with E-state index >= 15 is 0 Å². The molecular weight excluding hydrogens is 1150 g/mol. The van der Waals surface area contributed by atoms with E-state index in [0.29, 0.717) is 158 Å². The van der Waals surface area contributed by atoms with Crippen molar-refractivity contribution in [1.29, 1.82) is 0 Å². The molecule has 0 spiro atoms. The quantitative estimate of drug-likeness (QED) is 0.0821. The van der Waals surface area contributed by atoms with Gasteiger partial charge in [0.2, 0.25) is 0 Å². The molecule has 0 unspecified atom stereocenters. The molecule has 0 N–H and O–H groups in total. The summed E-state index contributed by atoms with van der Waals surface area (Å²) < 4.78 is 71.7. The predicted molar refractivity (Wildman–Crippen MR) is 312 cm³/mol. The fourth-order valence-corrected chi connectivity index (χ4v) is 9.51. The maximum Gasteiger partial charge on any atom is 4.00 e. The van der Waals surface area contributed by atoms with Crippen molar-refractivity contribution >= 4 is 46.4 Å². The van der Waals surface area contributed by atoms with Gasteiger partial charge in [0.1, 0.15) is 69.0 Å². The summed E-state index contributed by atoms with van der Waals surface area (Å²) in [6.45, 7) is 0. The van der Waals surface area contributed by atoms with E-state index in [-0.39, 0.29) is 19.5 Å². The number of fused-ring (bicyclic) bond motifs is 8. The van der Waals surface area contributed by atoms with Crippen LogP contribution in [0.1, 0.15) is 22.8 Å². The first-order valence-electron chi connectivity index (χ1n) is 25.2. The van der Waals surface area contributed by atoms with Crippen LogP contribution < -0.4 is 77.0 Å². The molecule has 7 heterocycles. The van der Waals surface area contributed by atoms with E-state index in [1.165, 1.54) is 0 Å². The van der Waals surface area contributed by atoms with Gasteiger partial charge < -0.3 is 87.2 Å². The van der Waals surface area contributed by atoms with Crippen molar-refractivity contribution in [2.75, 3.05) is 85.3 Å². The second-order valence-corrected chi connectivity index (χ2v) is 17.4. The van der Waals surface area contributed by atoms with E-state index in [9.17, 15) is 0 Å². The van der Waals surface area contributed by atoms with Gasteiger partial charge in [0.05, 0.1) is 130 Å². The third-order valence-electron chi connectivity index (χ3n) is 13.2. The Labute approximate surface area is 492 Å². The van der Waals surface area contributed by atoms with Crippen LogP contribution in [0.15, 0.2) is 110 Å². The summed E-state index contributed by atoms with van der Waals surface area (Å²) in [4.78, 5) is 21.8. The van der Waals surface area contributed by atoms with E-state index in [4.69, 9.17) is 76.8 Å². The zero-order chi connectivity index (χ0) is 57.9. The summed E-state index contributed by atoms with van der Waals surface area (Å²) in [5.74, 6) is 5.70. The first-order chi connectivity index (χ1) is 40.1. The summed E-state index contributed by atoms with van der Waals surface area (Å²) in [5, 5.41) is 13.9. The topological polar surface area (TPSA) is 219 Å². The molecule has 0 atom stereocenters.